The summed E-state index contributed by atoms with van der Waals surface area (Å²) in [6, 6.07) is 4.01. The van der Waals surface area contributed by atoms with Gasteiger partial charge < -0.3 is 10.5 Å². The Morgan fingerprint density at radius 3 is 2.37 bits per heavy atom. The van der Waals surface area contributed by atoms with Gasteiger partial charge in [0.25, 0.3) is 5.56 Å². The van der Waals surface area contributed by atoms with E-state index < -0.39 is 0 Å². The number of aryl methyl sites for hydroxylation is 2. The first-order valence-corrected chi connectivity index (χ1v) is 6.23. The van der Waals surface area contributed by atoms with Gasteiger partial charge in [0.1, 0.15) is 5.75 Å². The van der Waals surface area contributed by atoms with Crippen molar-refractivity contribution in [3.8, 4) is 17.0 Å². The zero-order valence-corrected chi connectivity index (χ0v) is 11.5. The Morgan fingerprint density at radius 1 is 1.21 bits per heavy atom. The minimum Gasteiger partial charge on any atom is -0.496 e. The second-order valence-corrected chi connectivity index (χ2v) is 4.61. The molecule has 0 aliphatic heterocycles. The van der Waals surface area contributed by atoms with Crippen molar-refractivity contribution in [3.05, 3.63) is 39.2 Å². The molecule has 0 aliphatic carbocycles. The molecule has 0 aliphatic rings. The molecule has 0 spiro atoms. The van der Waals surface area contributed by atoms with Crippen LogP contribution >= 0.6 is 0 Å². The number of aromatic nitrogens is 2. The zero-order chi connectivity index (χ0) is 14.0. The average molecular weight is 261 g/mol. The average Bonchev–Trinajstić information content (AvgIpc) is 2.71. The lowest BCUT2D eigenvalue weighted by atomic mass is 10.0. The number of H-pyrrole nitrogens is 2. The summed E-state index contributed by atoms with van der Waals surface area (Å²) in [6.45, 7) is 4.42. The van der Waals surface area contributed by atoms with Crippen molar-refractivity contribution in [2.45, 2.75) is 20.3 Å². The molecule has 0 atom stereocenters. The van der Waals surface area contributed by atoms with E-state index in [0.717, 1.165) is 28.1 Å². The lowest BCUT2D eigenvalue weighted by Crippen LogP contribution is -2.12. The van der Waals surface area contributed by atoms with Gasteiger partial charge in [-0.2, -0.15) is 0 Å². The van der Waals surface area contributed by atoms with Gasteiger partial charge in [0, 0.05) is 11.1 Å². The van der Waals surface area contributed by atoms with E-state index in [2.05, 4.69) is 10.2 Å². The fourth-order valence-corrected chi connectivity index (χ4v) is 2.43. The van der Waals surface area contributed by atoms with Crippen molar-refractivity contribution in [1.29, 1.82) is 0 Å². The zero-order valence-electron chi connectivity index (χ0n) is 11.5. The Balaban J connectivity index is 2.57. The molecule has 0 unspecified atom stereocenters. The minimum atomic E-state index is -0.105. The molecule has 0 saturated heterocycles. The van der Waals surface area contributed by atoms with Gasteiger partial charge in [0.15, 0.2) is 0 Å². The Labute approximate surface area is 111 Å². The molecule has 4 N–H and O–H groups in total. The van der Waals surface area contributed by atoms with Crippen LogP contribution in [0.5, 0.6) is 5.75 Å². The van der Waals surface area contributed by atoms with E-state index in [1.807, 2.05) is 26.0 Å². The van der Waals surface area contributed by atoms with Gasteiger partial charge in [0.05, 0.1) is 12.8 Å². The van der Waals surface area contributed by atoms with Gasteiger partial charge in [-0.15, -0.1) is 0 Å². The van der Waals surface area contributed by atoms with Gasteiger partial charge >= 0.3 is 0 Å². The first kappa shape index (κ1) is 13.4. The van der Waals surface area contributed by atoms with Crippen LogP contribution in [-0.4, -0.2) is 23.9 Å². The summed E-state index contributed by atoms with van der Waals surface area (Å²) in [6.07, 6.45) is 0.554. The molecule has 1 aromatic carbocycles. The molecule has 102 valence electrons. The van der Waals surface area contributed by atoms with E-state index in [1.165, 1.54) is 0 Å². The normalized spacial score (nSPS) is 10.7. The van der Waals surface area contributed by atoms with E-state index >= 15 is 0 Å². The molecule has 1 aromatic heterocycles. The van der Waals surface area contributed by atoms with Crippen molar-refractivity contribution >= 4 is 0 Å². The highest BCUT2D eigenvalue weighted by molar-refractivity contribution is 5.66. The van der Waals surface area contributed by atoms with Crippen LogP contribution in [0, 0.1) is 13.8 Å². The summed E-state index contributed by atoms with van der Waals surface area (Å²) < 4.78 is 5.35. The summed E-state index contributed by atoms with van der Waals surface area (Å²) >= 11 is 0. The van der Waals surface area contributed by atoms with E-state index in [1.54, 1.807) is 7.11 Å². The highest BCUT2D eigenvalue weighted by Crippen LogP contribution is 2.29. The molecule has 5 heteroatoms. The fourth-order valence-electron chi connectivity index (χ4n) is 2.43. The standard InChI is InChI=1S/C14H19N3O2/c1-8-6-10(7-9(2)13(8)19-3)12-11(4-5-15)14(18)17-16-12/h6-7H,4-5,15H2,1-3H3,(H2,16,17,18). The van der Waals surface area contributed by atoms with Crippen molar-refractivity contribution < 1.29 is 4.74 Å². The molecule has 0 saturated carbocycles. The molecule has 2 rings (SSSR count). The SMILES string of the molecule is COc1c(C)cc(-c2[nH][nH]c(=O)c2CCN)cc1C. The maximum absolute atomic E-state index is 11.7. The second-order valence-electron chi connectivity index (χ2n) is 4.61. The Hall–Kier alpha value is -2.01. The molecule has 0 radical (unpaired) electrons. The third-order valence-electron chi connectivity index (χ3n) is 3.22. The van der Waals surface area contributed by atoms with E-state index in [0.29, 0.717) is 18.5 Å². The quantitative estimate of drug-likeness (QED) is 0.779. The predicted molar refractivity (Wildman–Crippen MR) is 75.6 cm³/mol. The van der Waals surface area contributed by atoms with E-state index in [-0.39, 0.29) is 5.56 Å². The number of methoxy groups -OCH3 is 1. The summed E-state index contributed by atoms with van der Waals surface area (Å²) in [5, 5.41) is 5.55. The molecule has 0 amide bonds. The lowest BCUT2D eigenvalue weighted by Gasteiger charge is -2.11. The molecule has 2 aromatic rings. The molecular formula is C14H19N3O2. The lowest BCUT2D eigenvalue weighted by molar-refractivity contribution is 0.408. The van der Waals surface area contributed by atoms with Gasteiger partial charge in [-0.3, -0.25) is 15.0 Å². The number of aromatic amines is 2. The van der Waals surface area contributed by atoms with Crippen molar-refractivity contribution in [3.63, 3.8) is 0 Å². The summed E-state index contributed by atoms with van der Waals surface area (Å²) in [5.74, 6) is 0.877. The van der Waals surface area contributed by atoms with Crippen LogP contribution in [-0.2, 0) is 6.42 Å². The van der Waals surface area contributed by atoms with Crippen molar-refractivity contribution in [2.24, 2.45) is 5.73 Å². The molecular weight excluding hydrogens is 242 g/mol. The number of benzene rings is 1. The van der Waals surface area contributed by atoms with E-state index in [9.17, 15) is 4.79 Å². The Morgan fingerprint density at radius 2 is 1.84 bits per heavy atom. The van der Waals surface area contributed by atoms with Crippen LogP contribution in [0.15, 0.2) is 16.9 Å². The van der Waals surface area contributed by atoms with Gasteiger partial charge in [0.2, 0.25) is 0 Å². The second kappa shape index (κ2) is 5.32. The highest BCUT2D eigenvalue weighted by Gasteiger charge is 2.13. The van der Waals surface area contributed by atoms with Crippen molar-refractivity contribution in [1.82, 2.24) is 10.2 Å². The molecule has 1 heterocycles. The first-order valence-electron chi connectivity index (χ1n) is 6.23. The number of rotatable bonds is 4. The minimum absolute atomic E-state index is 0.105. The Bertz CT molecular complexity index is 617. The number of nitrogens with two attached hydrogens (primary N) is 1. The smallest absolute Gasteiger partial charge is 0.267 e. The van der Waals surface area contributed by atoms with Crippen LogP contribution in [0.3, 0.4) is 0 Å². The molecule has 0 bridgehead atoms. The van der Waals surface area contributed by atoms with Crippen LogP contribution in [0.1, 0.15) is 16.7 Å². The summed E-state index contributed by atoms with van der Waals surface area (Å²) in [5.41, 5.74) is 10.0. The number of nitrogens with one attached hydrogen (secondary N) is 2. The topological polar surface area (TPSA) is 83.9 Å². The largest absolute Gasteiger partial charge is 0.496 e. The number of hydrogen-bond acceptors (Lipinski definition) is 3. The third-order valence-corrected chi connectivity index (χ3v) is 3.22. The molecule has 19 heavy (non-hydrogen) atoms. The fraction of sp³-hybridized carbons (Fsp3) is 0.357. The van der Waals surface area contributed by atoms with Crippen molar-refractivity contribution in [2.75, 3.05) is 13.7 Å². The van der Waals surface area contributed by atoms with Gasteiger partial charge in [-0.25, -0.2) is 0 Å². The third kappa shape index (κ3) is 2.42. The van der Waals surface area contributed by atoms with Gasteiger partial charge in [-0.1, -0.05) is 0 Å². The summed E-state index contributed by atoms with van der Waals surface area (Å²) in [7, 11) is 1.66. The maximum Gasteiger partial charge on any atom is 0.267 e. The van der Waals surface area contributed by atoms with Crippen LogP contribution in [0.25, 0.3) is 11.3 Å². The van der Waals surface area contributed by atoms with E-state index in [4.69, 9.17) is 10.5 Å². The van der Waals surface area contributed by atoms with Crippen LogP contribution in [0.2, 0.25) is 0 Å². The molecule has 5 nitrogen and oxygen atoms in total. The predicted octanol–water partition coefficient (Wildman–Crippen LogP) is 1.50. The maximum atomic E-state index is 11.7. The van der Waals surface area contributed by atoms with Crippen LogP contribution in [0.4, 0.5) is 0 Å². The number of hydrogen-bond donors (Lipinski definition) is 3. The monoisotopic (exact) mass is 261 g/mol. The Kier molecular flexibility index (Phi) is 3.76. The highest BCUT2D eigenvalue weighted by atomic mass is 16.5. The number of ether oxygens (including phenoxy) is 1. The van der Waals surface area contributed by atoms with Gasteiger partial charge in [-0.05, 0) is 50.1 Å². The molecule has 0 fully saturated rings. The first-order chi connectivity index (χ1) is 9.08. The summed E-state index contributed by atoms with van der Waals surface area (Å²) in [4.78, 5) is 11.7. The van der Waals surface area contributed by atoms with Crippen LogP contribution < -0.4 is 16.0 Å².